The number of nitrogens with one attached hydrogen (secondary N) is 1. The van der Waals surface area contributed by atoms with E-state index in [9.17, 15) is 0 Å². The predicted octanol–water partition coefficient (Wildman–Crippen LogP) is 7.80. The fraction of sp³-hybridized carbons (Fsp3) is 0.455. The summed E-state index contributed by atoms with van der Waals surface area (Å²) in [7, 11) is 0. The van der Waals surface area contributed by atoms with E-state index in [0.29, 0.717) is 0 Å². The Hall–Kier alpha value is -3.10. The highest BCUT2D eigenvalue weighted by molar-refractivity contribution is 7.20. The summed E-state index contributed by atoms with van der Waals surface area (Å²) in [6, 6.07) is 28.5. The van der Waals surface area contributed by atoms with Crippen LogP contribution < -0.4 is 26.8 Å². The highest BCUT2D eigenvalue weighted by Crippen LogP contribution is 2.17. The van der Waals surface area contributed by atoms with Gasteiger partial charge in [-0.25, -0.2) is 0 Å². The van der Waals surface area contributed by atoms with Crippen LogP contribution in [-0.4, -0.2) is 25.8 Å². The molecule has 0 radical (unpaired) electrons. The van der Waals surface area contributed by atoms with Crippen LogP contribution >= 0.6 is 0 Å². The van der Waals surface area contributed by atoms with Crippen LogP contribution in [0.25, 0.3) is 0 Å². The molecule has 0 aliphatic heterocycles. The Morgan fingerprint density at radius 1 is 0.348 bits per heavy atom. The fourth-order valence-corrected chi connectivity index (χ4v) is 7.85. The Kier molecular flexibility index (Phi) is 14.4. The first-order valence-corrected chi connectivity index (χ1v) is 18.3. The maximum Gasteiger partial charge on any atom is 0.108 e. The summed E-state index contributed by atoms with van der Waals surface area (Å²) >= 11 is 0. The Morgan fingerprint density at radius 3 is 0.717 bits per heavy atom. The van der Waals surface area contributed by atoms with E-state index in [1.165, 1.54) is 125 Å². The van der Waals surface area contributed by atoms with E-state index in [1.807, 2.05) is 4.90 Å². The van der Waals surface area contributed by atoms with Crippen molar-refractivity contribution >= 4 is 28.0 Å². The lowest BCUT2D eigenvalue weighted by Crippen LogP contribution is -3.12. The van der Waals surface area contributed by atoms with Crippen molar-refractivity contribution in [3.05, 3.63) is 117 Å². The van der Waals surface area contributed by atoms with Gasteiger partial charge in [0.05, 0.1) is 19.6 Å². The van der Waals surface area contributed by atoms with Gasteiger partial charge < -0.3 is 4.90 Å². The fourth-order valence-electron chi connectivity index (χ4n) is 7.85. The normalized spacial score (nSPS) is 11.5. The number of hydrogen-bond donors (Lipinski definition) is 1. The van der Waals surface area contributed by atoms with Crippen LogP contribution in [-0.2, 0) is 0 Å². The number of benzene rings is 4. The SMILES string of the molecule is CCCC[NH+](CCCC)CCCC.Cc1cc(C)cc([B-](c2cc(C)cc(C)c2)(c2cc(C)cc(C)c2)c2cc(C)cc(C)c2)c1. The molecule has 1 N–H and O–H groups in total. The lowest BCUT2D eigenvalue weighted by atomic mass is 9.12. The summed E-state index contributed by atoms with van der Waals surface area (Å²) in [5.41, 5.74) is 16.1. The molecule has 0 saturated carbocycles. The monoisotopic (exact) mass is 618 g/mol. The summed E-state index contributed by atoms with van der Waals surface area (Å²) in [5.74, 6) is 0. The number of unbranched alkanes of at least 4 members (excludes halogenated alkanes) is 3. The molecular weight excluding hydrogens is 553 g/mol. The second kappa shape index (κ2) is 17.7. The smallest absolute Gasteiger partial charge is 0.108 e. The first-order chi connectivity index (χ1) is 21.9. The molecule has 0 aliphatic carbocycles. The molecular formula is C44H64BN. The lowest BCUT2D eigenvalue weighted by molar-refractivity contribution is -0.900. The summed E-state index contributed by atoms with van der Waals surface area (Å²) in [6.45, 7) is 28.9. The average Bonchev–Trinajstić information content (AvgIpc) is 2.96. The van der Waals surface area contributed by atoms with E-state index >= 15 is 0 Å². The van der Waals surface area contributed by atoms with Crippen LogP contribution in [0, 0.1) is 55.4 Å². The molecule has 2 heteroatoms. The second-order valence-corrected chi connectivity index (χ2v) is 14.6. The van der Waals surface area contributed by atoms with Crippen LogP contribution in [0.5, 0.6) is 0 Å². The van der Waals surface area contributed by atoms with Crippen LogP contribution in [0.4, 0.5) is 0 Å². The highest BCUT2D eigenvalue weighted by atomic mass is 15.1. The predicted molar refractivity (Wildman–Crippen MR) is 208 cm³/mol. The van der Waals surface area contributed by atoms with E-state index in [4.69, 9.17) is 0 Å². The quantitative estimate of drug-likeness (QED) is 0.146. The van der Waals surface area contributed by atoms with E-state index in [1.54, 1.807) is 0 Å². The standard InChI is InChI=1S/C32H36B.C12H27N/c1-21-9-22(2)14-29(13-21)33(30-15-23(3)10-24(4)16-30,31-17-25(5)11-26(6)18-31)32-19-27(7)12-28(8)20-32;1-4-7-10-13(11-8-5-2)12-9-6-3/h9-20H,1-8H3;4-12H2,1-3H3/q-1;/p+1. The molecule has 0 aliphatic rings. The zero-order valence-corrected chi connectivity index (χ0v) is 31.4. The van der Waals surface area contributed by atoms with Crippen LogP contribution in [0.1, 0.15) is 104 Å². The average molecular weight is 618 g/mol. The molecule has 0 saturated heterocycles. The summed E-state index contributed by atoms with van der Waals surface area (Å²) in [5, 5.41) is 0. The number of rotatable bonds is 13. The van der Waals surface area contributed by atoms with Gasteiger partial charge in [0.2, 0.25) is 0 Å². The van der Waals surface area contributed by atoms with Crippen LogP contribution in [0.3, 0.4) is 0 Å². The maximum atomic E-state index is 2.42. The van der Waals surface area contributed by atoms with Gasteiger partial charge >= 0.3 is 0 Å². The molecule has 248 valence electrons. The molecule has 4 aromatic carbocycles. The molecule has 4 rings (SSSR count). The summed E-state index contributed by atoms with van der Waals surface area (Å²) in [6.07, 6.45) is 6.89. The minimum Gasteiger partial charge on any atom is -0.335 e. The van der Waals surface area contributed by atoms with Gasteiger partial charge in [0.15, 0.2) is 0 Å². The zero-order valence-electron chi connectivity index (χ0n) is 31.4. The molecule has 0 amide bonds. The molecule has 4 aromatic rings. The Morgan fingerprint density at radius 2 is 0.543 bits per heavy atom. The molecule has 1 nitrogen and oxygen atoms in total. The van der Waals surface area contributed by atoms with Gasteiger partial charge in [0.25, 0.3) is 0 Å². The molecule has 0 fully saturated rings. The summed E-state index contributed by atoms with van der Waals surface area (Å²) in [4.78, 5) is 1.84. The third kappa shape index (κ3) is 9.95. The van der Waals surface area contributed by atoms with Crippen molar-refractivity contribution in [2.45, 2.75) is 115 Å². The Bertz CT molecular complexity index is 1240. The lowest BCUT2D eigenvalue weighted by Gasteiger charge is -2.46. The maximum absolute atomic E-state index is 2.42. The van der Waals surface area contributed by atoms with Crippen molar-refractivity contribution in [3.63, 3.8) is 0 Å². The van der Waals surface area contributed by atoms with Crippen molar-refractivity contribution in [1.82, 2.24) is 0 Å². The summed E-state index contributed by atoms with van der Waals surface area (Å²) < 4.78 is 0. The largest absolute Gasteiger partial charge is 0.335 e. The number of hydrogen-bond acceptors (Lipinski definition) is 0. The van der Waals surface area contributed by atoms with Gasteiger partial charge in [0.1, 0.15) is 6.15 Å². The van der Waals surface area contributed by atoms with Crippen LogP contribution in [0.15, 0.2) is 72.8 Å². The van der Waals surface area contributed by atoms with E-state index in [-0.39, 0.29) is 0 Å². The van der Waals surface area contributed by atoms with Crippen molar-refractivity contribution in [1.29, 1.82) is 0 Å². The highest BCUT2D eigenvalue weighted by Gasteiger charge is 2.33. The van der Waals surface area contributed by atoms with Gasteiger partial charge in [-0.2, -0.15) is 21.9 Å². The van der Waals surface area contributed by atoms with Crippen molar-refractivity contribution in [2.75, 3.05) is 19.6 Å². The first kappa shape index (κ1) is 37.4. The molecule has 0 aromatic heterocycles. The zero-order chi connectivity index (χ0) is 33.9. The molecule has 0 unspecified atom stereocenters. The minimum absolute atomic E-state index is 1.31. The molecule has 46 heavy (non-hydrogen) atoms. The number of aryl methyl sites for hydroxylation is 8. The third-order valence-corrected chi connectivity index (χ3v) is 9.63. The number of quaternary nitrogens is 1. The third-order valence-electron chi connectivity index (χ3n) is 9.63. The van der Waals surface area contributed by atoms with Crippen molar-refractivity contribution in [3.8, 4) is 0 Å². The van der Waals surface area contributed by atoms with E-state index in [2.05, 4.69) is 149 Å². The molecule has 0 bridgehead atoms. The minimum atomic E-state index is -1.37. The molecule has 0 heterocycles. The van der Waals surface area contributed by atoms with E-state index < -0.39 is 6.15 Å². The second-order valence-electron chi connectivity index (χ2n) is 14.6. The Balaban J connectivity index is 0.000000376. The first-order valence-electron chi connectivity index (χ1n) is 18.3. The van der Waals surface area contributed by atoms with Gasteiger partial charge in [-0.1, -0.05) is 157 Å². The van der Waals surface area contributed by atoms with Gasteiger partial charge in [-0.3, -0.25) is 0 Å². The molecule has 0 atom stereocenters. The van der Waals surface area contributed by atoms with Crippen molar-refractivity contribution in [2.24, 2.45) is 0 Å². The van der Waals surface area contributed by atoms with E-state index in [0.717, 1.165) is 0 Å². The Labute approximate surface area is 283 Å². The van der Waals surface area contributed by atoms with Crippen molar-refractivity contribution < 1.29 is 4.90 Å². The topological polar surface area (TPSA) is 4.44 Å². The van der Waals surface area contributed by atoms with Gasteiger partial charge in [-0.15, -0.1) is 0 Å². The molecule has 0 spiro atoms. The van der Waals surface area contributed by atoms with Crippen LogP contribution in [0.2, 0.25) is 0 Å². The van der Waals surface area contributed by atoms with Gasteiger partial charge in [-0.05, 0) is 74.7 Å². The van der Waals surface area contributed by atoms with Gasteiger partial charge in [0, 0.05) is 0 Å².